The maximum absolute atomic E-state index is 13.6. The number of aromatic nitrogens is 2. The highest BCUT2D eigenvalue weighted by atomic mass is 35.5. The predicted octanol–water partition coefficient (Wildman–Crippen LogP) is 5.18. The molecule has 1 atom stereocenters. The van der Waals surface area contributed by atoms with E-state index < -0.39 is 5.82 Å². The molecule has 0 aliphatic rings. The fourth-order valence-electron chi connectivity index (χ4n) is 2.37. The maximum atomic E-state index is 13.6. The zero-order chi connectivity index (χ0) is 15.0. The summed E-state index contributed by atoms with van der Waals surface area (Å²) in [5, 5.41) is -0.187. The second kappa shape index (κ2) is 5.66. The zero-order valence-corrected chi connectivity index (χ0v) is 12.9. The van der Waals surface area contributed by atoms with Gasteiger partial charge in [0.2, 0.25) is 0 Å². The molecule has 1 unspecified atom stereocenters. The molecule has 1 heterocycles. The smallest absolute Gasteiger partial charge is 0.144 e. The number of hydrogen-bond acceptors (Lipinski definition) is 1. The standard InChI is InChI=1S/C16H13Cl2FN2/c1-10(17)16-20-14-8-13(19)12(18)7-15(14)21(16)9-11-5-3-2-4-6-11/h2-8,10H,9H2,1H3. The maximum Gasteiger partial charge on any atom is 0.144 e. The van der Waals surface area contributed by atoms with E-state index >= 15 is 0 Å². The van der Waals surface area contributed by atoms with E-state index in [0.717, 1.165) is 11.1 Å². The number of benzene rings is 2. The first kappa shape index (κ1) is 14.4. The third kappa shape index (κ3) is 2.76. The van der Waals surface area contributed by atoms with Crippen molar-refractivity contribution >= 4 is 34.2 Å². The summed E-state index contributed by atoms with van der Waals surface area (Å²) in [6.07, 6.45) is 0. The number of rotatable bonds is 3. The Kier molecular flexibility index (Phi) is 3.87. The van der Waals surface area contributed by atoms with Crippen molar-refractivity contribution in [3.05, 3.63) is 64.7 Å². The van der Waals surface area contributed by atoms with Crippen LogP contribution in [0.2, 0.25) is 5.02 Å². The van der Waals surface area contributed by atoms with E-state index in [2.05, 4.69) is 4.98 Å². The molecule has 0 N–H and O–H groups in total. The monoisotopic (exact) mass is 322 g/mol. The lowest BCUT2D eigenvalue weighted by atomic mass is 10.2. The predicted molar refractivity (Wildman–Crippen MR) is 84.5 cm³/mol. The molecule has 5 heteroatoms. The second-order valence-corrected chi connectivity index (χ2v) is 5.97. The number of nitrogens with zero attached hydrogens (tertiary/aromatic N) is 2. The van der Waals surface area contributed by atoms with Crippen molar-refractivity contribution in [1.82, 2.24) is 9.55 Å². The summed E-state index contributed by atoms with van der Waals surface area (Å²) in [5.41, 5.74) is 2.47. The van der Waals surface area contributed by atoms with Gasteiger partial charge in [0.25, 0.3) is 0 Å². The molecule has 108 valence electrons. The van der Waals surface area contributed by atoms with Crippen LogP contribution in [0, 0.1) is 5.82 Å². The van der Waals surface area contributed by atoms with Gasteiger partial charge in [0.15, 0.2) is 0 Å². The molecule has 0 aliphatic carbocycles. The molecule has 0 saturated carbocycles. The number of alkyl halides is 1. The topological polar surface area (TPSA) is 17.8 Å². The molecular formula is C16H13Cl2FN2. The first-order valence-corrected chi connectivity index (χ1v) is 7.41. The molecule has 0 aliphatic heterocycles. The number of halogens is 3. The first-order chi connectivity index (χ1) is 10.1. The zero-order valence-electron chi connectivity index (χ0n) is 11.4. The highest BCUT2D eigenvalue weighted by Crippen LogP contribution is 2.29. The van der Waals surface area contributed by atoms with Crippen LogP contribution in [0.5, 0.6) is 0 Å². The SMILES string of the molecule is CC(Cl)c1nc2cc(F)c(Cl)cc2n1Cc1ccccc1. The van der Waals surface area contributed by atoms with Gasteiger partial charge in [0.1, 0.15) is 11.6 Å². The summed E-state index contributed by atoms with van der Waals surface area (Å²) in [6, 6.07) is 12.9. The molecule has 0 bridgehead atoms. The summed E-state index contributed by atoms with van der Waals surface area (Å²) in [4.78, 5) is 4.44. The molecule has 0 fully saturated rings. The molecule has 3 rings (SSSR count). The van der Waals surface area contributed by atoms with Crippen LogP contribution < -0.4 is 0 Å². The minimum Gasteiger partial charge on any atom is -0.322 e. The van der Waals surface area contributed by atoms with Gasteiger partial charge in [0.05, 0.1) is 21.4 Å². The van der Waals surface area contributed by atoms with Gasteiger partial charge in [-0.2, -0.15) is 0 Å². The minimum absolute atomic E-state index is 0.0884. The molecule has 0 spiro atoms. The van der Waals surface area contributed by atoms with Gasteiger partial charge in [-0.05, 0) is 18.6 Å². The van der Waals surface area contributed by atoms with E-state index in [0.29, 0.717) is 17.9 Å². The Labute approximate surface area is 132 Å². The van der Waals surface area contributed by atoms with E-state index in [-0.39, 0.29) is 10.4 Å². The van der Waals surface area contributed by atoms with Crippen LogP contribution in [0.3, 0.4) is 0 Å². The van der Waals surface area contributed by atoms with Gasteiger partial charge in [-0.15, -0.1) is 11.6 Å². The third-order valence-electron chi connectivity index (χ3n) is 3.36. The quantitative estimate of drug-likeness (QED) is 0.608. The van der Waals surface area contributed by atoms with Gasteiger partial charge in [0, 0.05) is 12.6 Å². The lowest BCUT2D eigenvalue weighted by Gasteiger charge is -2.10. The summed E-state index contributed by atoms with van der Waals surface area (Å²) in [7, 11) is 0. The molecule has 21 heavy (non-hydrogen) atoms. The fraction of sp³-hybridized carbons (Fsp3) is 0.188. The molecule has 3 aromatic rings. The summed E-state index contributed by atoms with van der Waals surface area (Å²) in [5.74, 6) is 0.236. The molecule has 0 saturated heterocycles. The Bertz CT molecular complexity index is 782. The summed E-state index contributed by atoms with van der Waals surface area (Å²) < 4.78 is 15.6. The molecule has 0 radical (unpaired) electrons. The summed E-state index contributed by atoms with van der Waals surface area (Å²) >= 11 is 12.1. The van der Waals surface area contributed by atoms with Crippen molar-refractivity contribution < 1.29 is 4.39 Å². The Balaban J connectivity index is 2.18. The van der Waals surface area contributed by atoms with Crippen molar-refractivity contribution in [3.8, 4) is 0 Å². The molecule has 2 nitrogen and oxygen atoms in total. The lowest BCUT2D eigenvalue weighted by molar-refractivity contribution is 0.629. The van der Waals surface area contributed by atoms with Crippen LogP contribution in [0.1, 0.15) is 23.7 Å². The Morgan fingerprint density at radius 2 is 1.95 bits per heavy atom. The molecule has 2 aromatic carbocycles. The molecular weight excluding hydrogens is 310 g/mol. The van der Waals surface area contributed by atoms with E-state index in [1.807, 2.05) is 41.8 Å². The first-order valence-electron chi connectivity index (χ1n) is 6.59. The van der Waals surface area contributed by atoms with Crippen molar-refractivity contribution in [1.29, 1.82) is 0 Å². The van der Waals surface area contributed by atoms with Crippen molar-refractivity contribution in [2.24, 2.45) is 0 Å². The average Bonchev–Trinajstić information content (AvgIpc) is 2.79. The van der Waals surface area contributed by atoms with Crippen molar-refractivity contribution in [2.45, 2.75) is 18.8 Å². The van der Waals surface area contributed by atoms with Crippen molar-refractivity contribution in [3.63, 3.8) is 0 Å². The molecule has 0 amide bonds. The Morgan fingerprint density at radius 3 is 2.62 bits per heavy atom. The van der Waals surface area contributed by atoms with E-state index in [1.54, 1.807) is 6.07 Å². The van der Waals surface area contributed by atoms with Gasteiger partial charge in [-0.3, -0.25) is 0 Å². The van der Waals surface area contributed by atoms with Gasteiger partial charge < -0.3 is 4.57 Å². The molecule has 1 aromatic heterocycles. The van der Waals surface area contributed by atoms with Gasteiger partial charge in [-0.1, -0.05) is 41.9 Å². The largest absolute Gasteiger partial charge is 0.322 e. The normalized spacial score (nSPS) is 12.8. The van der Waals surface area contributed by atoms with E-state index in [1.165, 1.54) is 6.07 Å². The minimum atomic E-state index is -0.470. The van der Waals surface area contributed by atoms with Crippen LogP contribution in [0.15, 0.2) is 42.5 Å². The highest BCUT2D eigenvalue weighted by molar-refractivity contribution is 6.31. The number of hydrogen-bond donors (Lipinski definition) is 0. The van der Waals surface area contributed by atoms with Crippen molar-refractivity contribution in [2.75, 3.05) is 0 Å². The summed E-state index contributed by atoms with van der Waals surface area (Å²) in [6.45, 7) is 2.47. The third-order valence-corrected chi connectivity index (χ3v) is 3.84. The van der Waals surface area contributed by atoms with Crippen LogP contribution in [0.4, 0.5) is 4.39 Å². The van der Waals surface area contributed by atoms with Gasteiger partial charge >= 0.3 is 0 Å². The second-order valence-electron chi connectivity index (χ2n) is 4.91. The number of imidazole rings is 1. The highest BCUT2D eigenvalue weighted by Gasteiger charge is 2.17. The lowest BCUT2D eigenvalue weighted by Crippen LogP contribution is -2.05. The fourth-order valence-corrected chi connectivity index (χ4v) is 2.70. The average molecular weight is 323 g/mol. The number of fused-ring (bicyclic) bond motifs is 1. The van der Waals surface area contributed by atoms with Gasteiger partial charge in [-0.25, -0.2) is 9.37 Å². The Hall–Kier alpha value is -1.58. The van der Waals surface area contributed by atoms with E-state index in [4.69, 9.17) is 23.2 Å². The van der Waals surface area contributed by atoms with Crippen LogP contribution in [-0.4, -0.2) is 9.55 Å². The van der Waals surface area contributed by atoms with E-state index in [9.17, 15) is 4.39 Å². The van der Waals surface area contributed by atoms with Crippen LogP contribution in [0.25, 0.3) is 11.0 Å². The Morgan fingerprint density at radius 1 is 1.24 bits per heavy atom. The van der Waals surface area contributed by atoms with Crippen LogP contribution in [-0.2, 0) is 6.54 Å². The van der Waals surface area contributed by atoms with Crippen LogP contribution >= 0.6 is 23.2 Å².